The van der Waals surface area contributed by atoms with E-state index in [9.17, 15) is 97.5 Å². The molecule has 0 aliphatic carbocycles. The summed E-state index contributed by atoms with van der Waals surface area (Å²) in [5, 5.41) is 83.7. The maximum atomic E-state index is 14.5. The third-order valence-electron chi connectivity index (χ3n) is 14.5. The highest BCUT2D eigenvalue weighted by Gasteiger charge is 2.37. The third kappa shape index (κ3) is 33.4. The number of carboxylic acid groups (broad SMARTS) is 3. The first-order chi connectivity index (χ1) is 46.7. The number of amides is 12. The Bertz CT molecular complexity index is 3040. The van der Waals surface area contributed by atoms with Gasteiger partial charge in [-0.15, -0.1) is 0 Å². The molecule has 0 saturated heterocycles. The number of carboxylic acids is 3. The lowest BCUT2D eigenvalue weighted by Gasteiger charge is -2.29. The van der Waals surface area contributed by atoms with Crippen LogP contribution in [-0.4, -0.2) is 240 Å². The van der Waals surface area contributed by atoms with E-state index in [1.54, 1.807) is 27.7 Å². The number of aromatic amines is 2. The number of rotatable bonds is 49. The number of nitrogens with zero attached hydrogens (tertiary/aromatic N) is 2. The van der Waals surface area contributed by atoms with Gasteiger partial charge in [0.2, 0.25) is 70.9 Å². The van der Waals surface area contributed by atoms with Crippen LogP contribution in [0.5, 0.6) is 0 Å². The lowest BCUT2D eigenvalue weighted by molar-refractivity contribution is -0.143. The lowest BCUT2D eigenvalue weighted by Crippen LogP contribution is -2.61. The summed E-state index contributed by atoms with van der Waals surface area (Å²) in [5.41, 5.74) is 22.4. The SMILES string of the molecule is CC(C)C[C@H](NC(=O)[C@H](CC(C)C)NC(=O)[C@H](CCC(N)=O)NC(=O)[C@H](Cc1c[nH]cn1)NC(=O)[C@H](CCC(=O)O)NC(=O)[C@@H](N)CO)C(=O)N[C@@H](Cc1c[nH]cn1)C(=O)N[C@@H](CC(=O)O)C(=O)N[C@@H](CCCNC(=N)N)C(=O)NCC(=O)N[C@@H](CCCCN)C(=O)N[C@@H](CO)C(=O)O. The summed E-state index contributed by atoms with van der Waals surface area (Å²) in [6.45, 7) is 4.23. The molecular formula is C58H95N21O20. The van der Waals surface area contributed by atoms with Gasteiger partial charge in [-0.1, -0.05) is 27.7 Å². The van der Waals surface area contributed by atoms with Crippen LogP contribution in [0.1, 0.15) is 116 Å². The van der Waals surface area contributed by atoms with E-state index in [1.165, 1.54) is 25.0 Å². The van der Waals surface area contributed by atoms with Gasteiger partial charge in [0.25, 0.3) is 0 Å². The number of carbonyl (C=O) groups excluding carboxylic acids is 12. The Morgan fingerprint density at radius 3 is 1.29 bits per heavy atom. The van der Waals surface area contributed by atoms with Gasteiger partial charge in [0.15, 0.2) is 5.96 Å². The van der Waals surface area contributed by atoms with Gasteiger partial charge in [-0.2, -0.15) is 0 Å². The lowest BCUT2D eigenvalue weighted by atomic mass is 9.99. The highest BCUT2D eigenvalue weighted by atomic mass is 16.4. The number of aliphatic carboxylic acids is 3. The van der Waals surface area contributed by atoms with E-state index in [0.717, 1.165) is 0 Å². The number of unbranched alkanes of at least 4 members (excludes halogenated alkanes) is 1. The van der Waals surface area contributed by atoms with Crippen LogP contribution in [0.15, 0.2) is 25.0 Å². The molecule has 12 amide bonds. The molecule has 2 aromatic heterocycles. The molecule has 0 saturated carbocycles. The van der Waals surface area contributed by atoms with E-state index in [0.29, 0.717) is 6.42 Å². The molecule has 0 fully saturated rings. The van der Waals surface area contributed by atoms with Gasteiger partial charge < -0.3 is 122 Å². The van der Waals surface area contributed by atoms with Crippen LogP contribution >= 0.6 is 0 Å². The molecule has 28 N–H and O–H groups in total. The number of aliphatic hydroxyl groups is 2. The molecule has 0 aliphatic heterocycles. The molecule has 41 nitrogen and oxygen atoms in total. The number of aliphatic hydroxyl groups excluding tert-OH is 2. The van der Waals surface area contributed by atoms with Crippen LogP contribution in [0.2, 0.25) is 0 Å². The Morgan fingerprint density at radius 2 is 0.879 bits per heavy atom. The summed E-state index contributed by atoms with van der Waals surface area (Å²) in [4.78, 5) is 214. The molecule has 0 aliphatic rings. The maximum absolute atomic E-state index is 14.5. The first kappa shape index (κ1) is 84.7. The molecule has 0 unspecified atom stereocenters. The fourth-order valence-corrected chi connectivity index (χ4v) is 9.34. The second kappa shape index (κ2) is 44.4. The number of H-pyrrole nitrogens is 2. The Morgan fingerprint density at radius 1 is 0.475 bits per heavy atom. The van der Waals surface area contributed by atoms with Crippen LogP contribution in [0.25, 0.3) is 0 Å². The van der Waals surface area contributed by atoms with Crippen molar-refractivity contribution in [3.05, 3.63) is 36.4 Å². The van der Waals surface area contributed by atoms with E-state index in [1.807, 2.05) is 0 Å². The number of imidazole rings is 2. The first-order valence-corrected chi connectivity index (χ1v) is 31.6. The van der Waals surface area contributed by atoms with Gasteiger partial charge in [0.1, 0.15) is 66.5 Å². The largest absolute Gasteiger partial charge is 0.481 e. The standard InChI is InChI=1S/C58H95N21O20/c1-28(2)16-37(74-50(91)35(10-12-43(61)82)73-54(95)39(18-30-21-64-26-68-30)76-51(92)36(11-13-45(84)85)71-47(88)32(60)24-80)52(93)75-38(17-29(3)4)53(94)77-40(19-31-22-65-27-69-31)55(96)78-41(20-46(86)87)56(97)72-33(9-7-15-66-58(62)63)48(89)67-23-44(83)70-34(8-5-6-14-59)49(90)79-42(25-81)57(98)99/h21-22,26-29,32-42,80-81H,5-20,23-25,59-60H2,1-4H3,(H2,61,82)(H,64,68)(H,65,69)(H,67,89)(H,70,83)(H,71,88)(H,72,97)(H,73,95)(H,74,91)(H,75,93)(H,76,92)(H,77,94)(H,78,96)(H,79,90)(H,84,85)(H,86,87)(H,98,99)(H4,62,63,66)/t32-,33-,34-,35-,36-,37-,38-,39-,40-,41-,42-/m0/s1. The Labute approximate surface area is 567 Å². The summed E-state index contributed by atoms with van der Waals surface area (Å²) in [6.07, 6.45) is 1.21. The summed E-state index contributed by atoms with van der Waals surface area (Å²) in [7, 11) is 0. The quantitative estimate of drug-likeness (QED) is 0.0166. The van der Waals surface area contributed by atoms with Crippen LogP contribution in [0, 0.1) is 17.2 Å². The molecule has 0 spiro atoms. The molecule has 552 valence electrons. The minimum Gasteiger partial charge on any atom is -0.481 e. The number of guanidine groups is 1. The predicted octanol–water partition coefficient (Wildman–Crippen LogP) is -8.63. The minimum atomic E-state index is -2.01. The summed E-state index contributed by atoms with van der Waals surface area (Å²) >= 11 is 0. The van der Waals surface area contributed by atoms with E-state index in [2.05, 4.69) is 83.7 Å². The van der Waals surface area contributed by atoms with Crippen molar-refractivity contribution in [1.82, 2.24) is 83.7 Å². The highest BCUT2D eigenvalue weighted by Crippen LogP contribution is 2.14. The second-order valence-corrected chi connectivity index (χ2v) is 23.8. The van der Waals surface area contributed by atoms with Crippen LogP contribution < -0.4 is 86.7 Å². The van der Waals surface area contributed by atoms with Gasteiger partial charge >= 0.3 is 17.9 Å². The van der Waals surface area contributed by atoms with Gasteiger partial charge in [0.05, 0.1) is 50.2 Å². The predicted molar refractivity (Wildman–Crippen MR) is 345 cm³/mol. The fourth-order valence-electron chi connectivity index (χ4n) is 9.34. The van der Waals surface area contributed by atoms with E-state index < -0.39 is 219 Å². The van der Waals surface area contributed by atoms with Crippen molar-refractivity contribution in [2.45, 2.75) is 184 Å². The van der Waals surface area contributed by atoms with Crippen molar-refractivity contribution < 1.29 is 97.5 Å². The van der Waals surface area contributed by atoms with Crippen molar-refractivity contribution in [1.29, 1.82) is 5.41 Å². The first-order valence-electron chi connectivity index (χ1n) is 31.6. The van der Waals surface area contributed by atoms with Crippen LogP contribution in [0.4, 0.5) is 0 Å². The van der Waals surface area contributed by atoms with E-state index in [-0.39, 0.29) is 81.3 Å². The molecule has 0 aromatic carbocycles. The zero-order valence-corrected chi connectivity index (χ0v) is 55.3. The number of hydrogen-bond donors (Lipinski definition) is 24. The van der Waals surface area contributed by atoms with Crippen LogP contribution in [0.3, 0.4) is 0 Å². The molecular weight excluding hydrogens is 1310 g/mol. The highest BCUT2D eigenvalue weighted by molar-refractivity contribution is 6.00. The molecule has 11 atom stereocenters. The Balaban J connectivity index is 2.51. The molecule has 2 aromatic rings. The molecule has 2 rings (SSSR count). The van der Waals surface area contributed by atoms with Crippen LogP contribution in [-0.2, 0) is 84.8 Å². The normalized spacial score (nSPS) is 14.4. The molecule has 0 radical (unpaired) electrons. The summed E-state index contributed by atoms with van der Waals surface area (Å²) < 4.78 is 0. The Hall–Kier alpha value is -10.4. The molecule has 0 bridgehead atoms. The number of nitrogens with one attached hydrogen (secondary N) is 15. The third-order valence-corrected chi connectivity index (χ3v) is 14.5. The zero-order valence-electron chi connectivity index (χ0n) is 55.3. The summed E-state index contributed by atoms with van der Waals surface area (Å²) in [5.74, 6) is -18.4. The average Bonchev–Trinajstić information content (AvgIpc) is 1.56. The van der Waals surface area contributed by atoms with E-state index >= 15 is 0 Å². The maximum Gasteiger partial charge on any atom is 0.328 e. The smallest absolute Gasteiger partial charge is 0.328 e. The zero-order chi connectivity index (χ0) is 74.5. The van der Waals surface area contributed by atoms with Gasteiger partial charge in [-0.05, 0) is 76.2 Å². The fraction of sp³-hybridized carbons (Fsp3) is 0.621. The number of nitrogens with two attached hydrogens (primary N) is 4. The molecule has 2 heterocycles. The molecule has 41 heteroatoms. The van der Waals surface area contributed by atoms with Gasteiger partial charge in [0, 0.05) is 44.6 Å². The van der Waals surface area contributed by atoms with Crippen molar-refractivity contribution in [3.8, 4) is 0 Å². The minimum absolute atomic E-state index is 0.00129. The number of carbonyl (C=O) groups is 15. The number of primary amides is 1. The topological polar surface area (TPSA) is 687 Å². The van der Waals surface area contributed by atoms with Crippen molar-refractivity contribution in [2.24, 2.45) is 34.8 Å². The van der Waals surface area contributed by atoms with Gasteiger partial charge in [-0.3, -0.25) is 72.5 Å². The average molecular weight is 1410 g/mol. The van der Waals surface area contributed by atoms with E-state index in [4.69, 9.17) is 28.3 Å². The number of aromatic nitrogens is 4. The van der Waals surface area contributed by atoms with Crippen molar-refractivity contribution >= 4 is 94.8 Å². The number of hydrogen-bond acceptors (Lipinski definition) is 22. The second-order valence-electron chi connectivity index (χ2n) is 23.8. The molecule has 99 heavy (non-hydrogen) atoms. The van der Waals surface area contributed by atoms with Gasteiger partial charge in [-0.25, -0.2) is 14.8 Å². The monoisotopic (exact) mass is 1410 g/mol. The van der Waals surface area contributed by atoms with Crippen molar-refractivity contribution in [3.63, 3.8) is 0 Å². The summed E-state index contributed by atoms with van der Waals surface area (Å²) in [6, 6.07) is -17.9. The van der Waals surface area contributed by atoms with Crippen molar-refractivity contribution in [2.75, 3.05) is 32.8 Å². The Kier molecular flexibility index (Phi) is 38.0.